The Morgan fingerprint density at radius 2 is 2.00 bits per heavy atom. The molecule has 1 rings (SSSR count). The minimum atomic E-state index is -3.88. The third kappa shape index (κ3) is 3.50. The van der Waals surface area contributed by atoms with Gasteiger partial charge in [0, 0.05) is 12.1 Å². The van der Waals surface area contributed by atoms with Gasteiger partial charge in [0.15, 0.2) is 9.84 Å². The van der Waals surface area contributed by atoms with Crippen molar-refractivity contribution in [2.45, 2.75) is 18.7 Å². The van der Waals surface area contributed by atoms with E-state index in [0.717, 1.165) is 18.2 Å². The van der Waals surface area contributed by atoms with Crippen LogP contribution in [0.2, 0.25) is 0 Å². The lowest BCUT2D eigenvalue weighted by Crippen LogP contribution is -2.16. The van der Waals surface area contributed by atoms with Crippen molar-refractivity contribution in [3.63, 3.8) is 0 Å². The van der Waals surface area contributed by atoms with Crippen LogP contribution in [0, 0.1) is 16.0 Å². The summed E-state index contributed by atoms with van der Waals surface area (Å²) in [6.07, 6.45) is 0. The fourth-order valence-electron chi connectivity index (χ4n) is 1.59. The Hall–Kier alpha value is -1.96. The molecular weight excluding hydrogens is 274 g/mol. The molecule has 0 aliphatic rings. The van der Waals surface area contributed by atoms with Gasteiger partial charge in [0.25, 0.3) is 5.69 Å². The van der Waals surface area contributed by atoms with Gasteiger partial charge in [0.05, 0.1) is 21.1 Å². The second-order valence-electron chi connectivity index (χ2n) is 4.42. The monoisotopic (exact) mass is 287 g/mol. The summed E-state index contributed by atoms with van der Waals surface area (Å²) < 4.78 is 24.1. The third-order valence-electron chi connectivity index (χ3n) is 2.29. The number of aromatic carboxylic acids is 1. The second-order valence-corrected chi connectivity index (χ2v) is 6.42. The first kappa shape index (κ1) is 15.1. The maximum absolute atomic E-state index is 12.1. The fourth-order valence-corrected chi connectivity index (χ4v) is 3.44. The molecule has 0 radical (unpaired) electrons. The molecule has 0 aliphatic carbocycles. The highest BCUT2D eigenvalue weighted by Gasteiger charge is 2.26. The summed E-state index contributed by atoms with van der Waals surface area (Å²) in [6, 6.07) is 2.70. The molecule has 0 unspecified atom stereocenters. The van der Waals surface area contributed by atoms with Gasteiger partial charge in [-0.3, -0.25) is 10.1 Å². The van der Waals surface area contributed by atoms with Gasteiger partial charge in [-0.25, -0.2) is 13.2 Å². The number of non-ortho nitro benzene ring substituents is 1. The largest absolute Gasteiger partial charge is 0.478 e. The zero-order valence-electron chi connectivity index (χ0n) is 10.4. The Labute approximate surface area is 109 Å². The van der Waals surface area contributed by atoms with Crippen molar-refractivity contribution in [3.8, 4) is 0 Å². The van der Waals surface area contributed by atoms with Crippen molar-refractivity contribution in [1.29, 1.82) is 0 Å². The molecule has 0 aromatic heterocycles. The first-order valence-corrected chi connectivity index (χ1v) is 7.05. The normalized spacial score (nSPS) is 11.5. The number of carboxylic acid groups (broad SMARTS) is 1. The molecule has 1 aromatic carbocycles. The van der Waals surface area contributed by atoms with E-state index < -0.39 is 36.9 Å². The van der Waals surface area contributed by atoms with Crippen molar-refractivity contribution < 1.29 is 23.2 Å². The average molecular weight is 287 g/mol. The predicted molar refractivity (Wildman–Crippen MR) is 66.9 cm³/mol. The van der Waals surface area contributed by atoms with Crippen LogP contribution in [0.15, 0.2) is 23.1 Å². The summed E-state index contributed by atoms with van der Waals surface area (Å²) in [5.41, 5.74) is -0.904. The van der Waals surface area contributed by atoms with Crippen LogP contribution in [0.5, 0.6) is 0 Å². The first-order chi connectivity index (χ1) is 8.65. The predicted octanol–water partition coefficient (Wildman–Crippen LogP) is 1.72. The number of nitrogens with zero attached hydrogens (tertiary/aromatic N) is 1. The standard InChI is InChI=1S/C11H13NO6S/c1-7(2)6-19(17,18)10-5-8(12(15)16)3-4-9(10)11(13)14/h3-5,7H,6H2,1-2H3,(H,13,14). The van der Waals surface area contributed by atoms with Gasteiger partial charge in [-0.15, -0.1) is 0 Å². The number of hydrogen-bond donors (Lipinski definition) is 1. The lowest BCUT2D eigenvalue weighted by atomic mass is 10.2. The number of sulfone groups is 1. The molecule has 0 bridgehead atoms. The van der Waals surface area contributed by atoms with Gasteiger partial charge in [0.1, 0.15) is 0 Å². The summed E-state index contributed by atoms with van der Waals surface area (Å²) in [6.45, 7) is 3.32. The van der Waals surface area contributed by atoms with Crippen LogP contribution in [0.3, 0.4) is 0 Å². The number of hydrogen-bond acceptors (Lipinski definition) is 5. The van der Waals surface area contributed by atoms with Gasteiger partial charge in [-0.1, -0.05) is 13.8 Å². The minimum absolute atomic E-state index is 0.217. The average Bonchev–Trinajstić information content (AvgIpc) is 2.26. The number of carbonyl (C=O) groups is 1. The summed E-state index contributed by atoms with van der Waals surface area (Å²) >= 11 is 0. The van der Waals surface area contributed by atoms with Gasteiger partial charge in [-0.2, -0.15) is 0 Å². The molecule has 7 nitrogen and oxygen atoms in total. The van der Waals surface area contributed by atoms with E-state index >= 15 is 0 Å². The van der Waals surface area contributed by atoms with Gasteiger partial charge < -0.3 is 5.11 Å². The topological polar surface area (TPSA) is 115 Å². The highest BCUT2D eigenvalue weighted by Crippen LogP contribution is 2.24. The van der Waals surface area contributed by atoms with Gasteiger partial charge in [-0.05, 0) is 12.0 Å². The summed E-state index contributed by atoms with van der Waals surface area (Å²) in [4.78, 5) is 20.4. The summed E-state index contributed by atoms with van der Waals surface area (Å²) in [5.74, 6) is -1.92. The van der Waals surface area contributed by atoms with E-state index in [1.165, 1.54) is 0 Å². The van der Waals surface area contributed by atoms with Crippen LogP contribution in [-0.2, 0) is 9.84 Å². The summed E-state index contributed by atoms with van der Waals surface area (Å²) in [7, 11) is -3.88. The van der Waals surface area contributed by atoms with Crippen molar-refractivity contribution in [1.82, 2.24) is 0 Å². The van der Waals surface area contributed by atoms with E-state index in [1.54, 1.807) is 13.8 Å². The Bertz CT molecular complexity index is 620. The van der Waals surface area contributed by atoms with Crippen molar-refractivity contribution in [3.05, 3.63) is 33.9 Å². The van der Waals surface area contributed by atoms with E-state index in [-0.39, 0.29) is 11.7 Å². The highest BCUT2D eigenvalue weighted by molar-refractivity contribution is 7.91. The van der Waals surface area contributed by atoms with Gasteiger partial charge >= 0.3 is 5.97 Å². The Morgan fingerprint density at radius 1 is 1.42 bits per heavy atom. The van der Waals surface area contributed by atoms with Crippen molar-refractivity contribution in [2.24, 2.45) is 5.92 Å². The van der Waals surface area contributed by atoms with Crippen molar-refractivity contribution >= 4 is 21.5 Å². The number of nitro benzene ring substituents is 1. The minimum Gasteiger partial charge on any atom is -0.478 e. The highest BCUT2D eigenvalue weighted by atomic mass is 32.2. The molecule has 104 valence electrons. The molecule has 0 fully saturated rings. The lowest BCUT2D eigenvalue weighted by Gasteiger charge is -2.09. The first-order valence-electron chi connectivity index (χ1n) is 5.39. The Balaban J connectivity index is 3.49. The number of nitro groups is 1. The van der Waals surface area contributed by atoms with E-state index in [0.29, 0.717) is 0 Å². The van der Waals surface area contributed by atoms with Crippen molar-refractivity contribution in [2.75, 3.05) is 5.75 Å². The quantitative estimate of drug-likeness (QED) is 0.651. The van der Waals surface area contributed by atoms with E-state index in [9.17, 15) is 23.3 Å². The number of carboxylic acids is 1. The molecule has 19 heavy (non-hydrogen) atoms. The fraction of sp³-hybridized carbons (Fsp3) is 0.364. The zero-order chi connectivity index (χ0) is 14.8. The molecule has 1 N–H and O–H groups in total. The zero-order valence-corrected chi connectivity index (χ0v) is 11.2. The van der Waals surface area contributed by atoms with E-state index in [4.69, 9.17) is 5.11 Å². The maximum atomic E-state index is 12.1. The molecule has 8 heteroatoms. The molecule has 0 saturated carbocycles. The number of rotatable bonds is 5. The molecule has 0 heterocycles. The van der Waals surface area contributed by atoms with Crippen LogP contribution in [0.25, 0.3) is 0 Å². The van der Waals surface area contributed by atoms with Crippen LogP contribution in [-0.4, -0.2) is 30.2 Å². The third-order valence-corrected chi connectivity index (χ3v) is 4.41. The smallest absolute Gasteiger partial charge is 0.337 e. The summed E-state index contributed by atoms with van der Waals surface area (Å²) in [5, 5.41) is 19.6. The number of benzene rings is 1. The molecule has 0 spiro atoms. The molecule has 0 atom stereocenters. The molecular formula is C11H13NO6S. The van der Waals surface area contributed by atoms with Crippen LogP contribution < -0.4 is 0 Å². The lowest BCUT2D eigenvalue weighted by molar-refractivity contribution is -0.385. The van der Waals surface area contributed by atoms with Crippen LogP contribution in [0.1, 0.15) is 24.2 Å². The molecule has 0 aliphatic heterocycles. The van der Waals surface area contributed by atoms with Crippen LogP contribution >= 0.6 is 0 Å². The Morgan fingerprint density at radius 3 is 2.42 bits per heavy atom. The molecule has 1 aromatic rings. The molecule has 0 amide bonds. The van der Waals surface area contributed by atoms with Gasteiger partial charge in [0.2, 0.25) is 0 Å². The van der Waals surface area contributed by atoms with E-state index in [1.807, 2.05) is 0 Å². The second kappa shape index (κ2) is 5.35. The maximum Gasteiger partial charge on any atom is 0.337 e. The molecule has 0 saturated heterocycles. The SMILES string of the molecule is CC(C)CS(=O)(=O)c1cc([N+](=O)[O-])ccc1C(=O)O. The van der Waals surface area contributed by atoms with Crippen LogP contribution in [0.4, 0.5) is 5.69 Å². The van der Waals surface area contributed by atoms with E-state index in [2.05, 4.69) is 0 Å². The Kier molecular flexibility index (Phi) is 4.25.